The first-order chi connectivity index (χ1) is 14.6. The maximum Gasteiger partial charge on any atom is 0.469 e. The van der Waals surface area contributed by atoms with E-state index < -0.39 is 19.1 Å². The van der Waals surface area contributed by atoms with E-state index in [9.17, 15) is 14.2 Å². The van der Waals surface area contributed by atoms with Crippen molar-refractivity contribution >= 4 is 30.6 Å². The second-order valence-corrected chi connectivity index (χ2v) is 8.45. The number of benzene rings is 1. The number of imidazole rings is 1. The molecule has 0 radical (unpaired) electrons. The van der Waals surface area contributed by atoms with E-state index in [0.717, 1.165) is 10.1 Å². The van der Waals surface area contributed by atoms with E-state index in [1.807, 2.05) is 12.1 Å². The molecule has 10 nitrogen and oxygen atoms in total. The fourth-order valence-corrected chi connectivity index (χ4v) is 3.68. The lowest BCUT2D eigenvalue weighted by atomic mass is 10.1. The molecule has 1 aromatic carbocycles. The lowest BCUT2D eigenvalue weighted by Gasteiger charge is -2.10. The molecule has 31 heavy (non-hydrogen) atoms. The molecule has 2 aromatic heterocycles. The monoisotopic (exact) mass is 466 g/mol. The van der Waals surface area contributed by atoms with E-state index in [4.69, 9.17) is 27.8 Å². The van der Waals surface area contributed by atoms with Crippen LogP contribution in [0.4, 0.5) is 0 Å². The van der Waals surface area contributed by atoms with Crippen LogP contribution in [-0.4, -0.2) is 35.1 Å². The molecule has 0 aliphatic carbocycles. The Morgan fingerprint density at radius 1 is 1.23 bits per heavy atom. The molecule has 0 unspecified atom stereocenters. The standard InChI is InChI=1S/C19H20ClN4O6P/c1-3-9-24-18(25)16-17(23(19(24)26)10-4-11-30-31(27,28)29)21-15(22(16)2)12-13-5-7-14(20)8-6-13/h1,5-8H,4,9-12H2,2H3,(H2,27,28,29). The van der Waals surface area contributed by atoms with Crippen LogP contribution in [-0.2, 0) is 35.6 Å². The fourth-order valence-electron chi connectivity index (χ4n) is 3.19. The molecule has 3 aromatic rings. The van der Waals surface area contributed by atoms with Crippen LogP contribution in [0.25, 0.3) is 11.2 Å². The quantitative estimate of drug-likeness (QED) is 0.290. The highest BCUT2D eigenvalue weighted by Crippen LogP contribution is 2.35. The Labute approximate surface area is 181 Å². The SMILES string of the molecule is C#CCn1c(=O)c2c(nc(Cc3ccc(Cl)cc3)n2C)n(CCCOP(=O)(O)O)c1=O. The van der Waals surface area contributed by atoms with Gasteiger partial charge in [-0.3, -0.25) is 13.9 Å². The molecule has 0 aliphatic rings. The molecule has 0 saturated heterocycles. The summed E-state index contributed by atoms with van der Waals surface area (Å²) in [6.45, 7) is -0.473. The van der Waals surface area contributed by atoms with Crippen LogP contribution in [0.3, 0.4) is 0 Å². The Balaban J connectivity index is 2.07. The van der Waals surface area contributed by atoms with Gasteiger partial charge < -0.3 is 14.4 Å². The minimum Gasteiger partial charge on any atom is -0.325 e. The molecule has 164 valence electrons. The van der Waals surface area contributed by atoms with E-state index in [1.54, 1.807) is 23.7 Å². The molecular formula is C19H20ClN4O6P. The average molecular weight is 467 g/mol. The molecule has 0 fully saturated rings. The summed E-state index contributed by atoms with van der Waals surface area (Å²) in [5.74, 6) is 2.84. The van der Waals surface area contributed by atoms with Crippen molar-refractivity contribution in [3.8, 4) is 12.3 Å². The third kappa shape index (κ3) is 5.15. The highest BCUT2D eigenvalue weighted by Gasteiger charge is 2.20. The minimum atomic E-state index is -4.62. The topological polar surface area (TPSA) is 129 Å². The van der Waals surface area contributed by atoms with Crippen LogP contribution in [0.2, 0.25) is 5.02 Å². The Kier molecular flexibility index (Phi) is 6.84. The van der Waals surface area contributed by atoms with Gasteiger partial charge in [-0.25, -0.2) is 18.9 Å². The summed E-state index contributed by atoms with van der Waals surface area (Å²) < 4.78 is 19.1. The van der Waals surface area contributed by atoms with Crippen molar-refractivity contribution in [3.05, 3.63) is 61.5 Å². The summed E-state index contributed by atoms with van der Waals surface area (Å²) in [6, 6.07) is 7.17. The van der Waals surface area contributed by atoms with Gasteiger partial charge in [-0.2, -0.15) is 0 Å². The number of halogens is 1. The second kappa shape index (κ2) is 9.22. The van der Waals surface area contributed by atoms with Gasteiger partial charge in [0.15, 0.2) is 11.2 Å². The number of phosphoric acid groups is 1. The smallest absolute Gasteiger partial charge is 0.325 e. The van der Waals surface area contributed by atoms with E-state index in [-0.39, 0.29) is 37.3 Å². The van der Waals surface area contributed by atoms with Gasteiger partial charge in [0.25, 0.3) is 5.56 Å². The highest BCUT2D eigenvalue weighted by atomic mass is 35.5. The molecule has 0 atom stereocenters. The van der Waals surface area contributed by atoms with Crippen molar-refractivity contribution in [3.63, 3.8) is 0 Å². The molecule has 0 bridgehead atoms. The number of aromatic nitrogens is 4. The van der Waals surface area contributed by atoms with Gasteiger partial charge in [-0.1, -0.05) is 29.7 Å². The van der Waals surface area contributed by atoms with E-state index in [1.165, 1.54) is 4.57 Å². The summed E-state index contributed by atoms with van der Waals surface area (Å²) in [5.41, 5.74) is 0.0807. The predicted octanol–water partition coefficient (Wildman–Crippen LogP) is 1.27. The van der Waals surface area contributed by atoms with Gasteiger partial charge in [0.05, 0.1) is 13.2 Å². The van der Waals surface area contributed by atoms with Crippen molar-refractivity contribution < 1.29 is 18.9 Å². The molecule has 3 rings (SSSR count). The van der Waals surface area contributed by atoms with Crippen molar-refractivity contribution in [1.29, 1.82) is 0 Å². The van der Waals surface area contributed by atoms with Gasteiger partial charge in [0.1, 0.15) is 5.82 Å². The first-order valence-corrected chi connectivity index (χ1v) is 11.1. The summed E-state index contributed by atoms with van der Waals surface area (Å²) in [6.07, 6.45) is 5.83. The lowest BCUT2D eigenvalue weighted by molar-refractivity contribution is 0.192. The van der Waals surface area contributed by atoms with Gasteiger partial charge in [0.2, 0.25) is 0 Å². The normalized spacial score (nSPS) is 11.7. The van der Waals surface area contributed by atoms with Gasteiger partial charge >= 0.3 is 13.5 Å². The Morgan fingerprint density at radius 2 is 1.90 bits per heavy atom. The van der Waals surface area contributed by atoms with Crippen LogP contribution >= 0.6 is 19.4 Å². The molecule has 0 saturated carbocycles. The highest BCUT2D eigenvalue weighted by molar-refractivity contribution is 7.46. The summed E-state index contributed by atoms with van der Waals surface area (Å²) >= 11 is 5.93. The van der Waals surface area contributed by atoms with Crippen LogP contribution in [0.5, 0.6) is 0 Å². The van der Waals surface area contributed by atoms with Crippen molar-refractivity contribution in [1.82, 2.24) is 18.7 Å². The van der Waals surface area contributed by atoms with Crippen molar-refractivity contribution in [2.45, 2.75) is 25.9 Å². The second-order valence-electron chi connectivity index (χ2n) is 6.77. The summed E-state index contributed by atoms with van der Waals surface area (Å²) in [7, 11) is -2.94. The van der Waals surface area contributed by atoms with Gasteiger partial charge in [-0.15, -0.1) is 6.42 Å². The number of hydrogen-bond donors (Lipinski definition) is 2. The summed E-state index contributed by atoms with van der Waals surface area (Å²) in [5, 5.41) is 0.595. The molecule has 0 spiro atoms. The molecular weight excluding hydrogens is 447 g/mol. The number of terminal acetylenes is 1. The Morgan fingerprint density at radius 3 is 2.52 bits per heavy atom. The largest absolute Gasteiger partial charge is 0.469 e. The number of aryl methyl sites for hydroxylation is 2. The molecule has 2 N–H and O–H groups in total. The number of hydrogen-bond acceptors (Lipinski definition) is 5. The van der Waals surface area contributed by atoms with Crippen LogP contribution in [0.1, 0.15) is 17.8 Å². The molecule has 12 heteroatoms. The van der Waals surface area contributed by atoms with Crippen LogP contribution in [0.15, 0.2) is 33.9 Å². The number of nitrogens with zero attached hydrogens (tertiary/aromatic N) is 4. The first kappa shape index (κ1) is 23.0. The fraction of sp³-hybridized carbons (Fsp3) is 0.316. The Bertz CT molecular complexity index is 1310. The Hall–Kier alpha value is -2.67. The van der Waals surface area contributed by atoms with Gasteiger partial charge in [0, 0.05) is 25.0 Å². The zero-order valence-corrected chi connectivity index (χ0v) is 18.2. The average Bonchev–Trinajstić information content (AvgIpc) is 3.01. The van der Waals surface area contributed by atoms with Crippen LogP contribution < -0.4 is 11.2 Å². The zero-order chi connectivity index (χ0) is 22.8. The third-order valence-corrected chi connectivity index (χ3v) is 5.42. The van der Waals surface area contributed by atoms with Crippen LogP contribution in [0, 0.1) is 12.3 Å². The van der Waals surface area contributed by atoms with Crippen molar-refractivity contribution in [2.24, 2.45) is 7.05 Å². The maximum absolute atomic E-state index is 12.9. The van der Waals surface area contributed by atoms with Crippen molar-refractivity contribution in [2.75, 3.05) is 6.61 Å². The number of rotatable bonds is 8. The minimum absolute atomic E-state index is 0.0254. The van der Waals surface area contributed by atoms with E-state index in [2.05, 4.69) is 15.4 Å². The predicted molar refractivity (Wildman–Crippen MR) is 115 cm³/mol. The van der Waals surface area contributed by atoms with E-state index in [0.29, 0.717) is 17.3 Å². The molecule has 0 amide bonds. The lowest BCUT2D eigenvalue weighted by Crippen LogP contribution is -2.40. The maximum atomic E-state index is 12.9. The first-order valence-electron chi connectivity index (χ1n) is 9.19. The zero-order valence-electron chi connectivity index (χ0n) is 16.6. The molecule has 0 aliphatic heterocycles. The third-order valence-electron chi connectivity index (χ3n) is 4.64. The summed E-state index contributed by atoms with van der Waals surface area (Å²) in [4.78, 5) is 48.0. The number of fused-ring (bicyclic) bond motifs is 1. The van der Waals surface area contributed by atoms with Gasteiger partial charge in [-0.05, 0) is 24.1 Å². The van der Waals surface area contributed by atoms with E-state index >= 15 is 0 Å². The molecule has 2 heterocycles. The number of phosphoric ester groups is 1.